The minimum Gasteiger partial charge on any atom is -0.365 e. The van der Waals surface area contributed by atoms with Crippen LogP contribution in [-0.2, 0) is 25.7 Å². The monoisotopic (exact) mass is 354 g/mol. The Morgan fingerprint density at radius 3 is 2.48 bits per heavy atom. The number of nitrogens with one attached hydrogen (secondary N) is 1. The number of carbonyl (C=O) groups is 2. The molecule has 1 aromatic heterocycles. The molecule has 25 heavy (non-hydrogen) atoms. The lowest BCUT2D eigenvalue weighted by atomic mass is 9.90. The van der Waals surface area contributed by atoms with Crippen molar-refractivity contribution >= 4 is 28.2 Å². The number of primary amides is 1. The maximum atomic E-state index is 12.7. The van der Waals surface area contributed by atoms with Crippen LogP contribution < -0.4 is 11.1 Å². The molecule has 1 heterocycles. The summed E-state index contributed by atoms with van der Waals surface area (Å²) in [7, 11) is 0. The van der Waals surface area contributed by atoms with Crippen LogP contribution in [0.2, 0.25) is 0 Å². The van der Waals surface area contributed by atoms with Crippen LogP contribution in [-0.4, -0.2) is 11.8 Å². The largest absolute Gasteiger partial charge is 0.365 e. The molecule has 0 fully saturated rings. The fraction of sp³-hybridized carbons (Fsp3) is 0.400. The van der Waals surface area contributed by atoms with Crippen molar-refractivity contribution in [1.29, 1.82) is 0 Å². The van der Waals surface area contributed by atoms with Crippen molar-refractivity contribution in [1.82, 2.24) is 0 Å². The Morgan fingerprint density at radius 1 is 0.960 bits per heavy atom. The van der Waals surface area contributed by atoms with E-state index in [-0.39, 0.29) is 5.91 Å². The van der Waals surface area contributed by atoms with Crippen molar-refractivity contribution in [3.8, 4) is 0 Å². The SMILES string of the molecule is NC(=O)c1c(NC(=O)c2ccc3c(c2)CCCC3)sc2c1CCCC2. The van der Waals surface area contributed by atoms with Gasteiger partial charge < -0.3 is 11.1 Å². The van der Waals surface area contributed by atoms with E-state index >= 15 is 0 Å². The van der Waals surface area contributed by atoms with Crippen LogP contribution in [0.15, 0.2) is 18.2 Å². The minimum atomic E-state index is -0.444. The highest BCUT2D eigenvalue weighted by molar-refractivity contribution is 7.17. The van der Waals surface area contributed by atoms with Crippen LogP contribution in [0.3, 0.4) is 0 Å². The number of fused-ring (bicyclic) bond motifs is 2. The minimum absolute atomic E-state index is 0.158. The highest BCUT2D eigenvalue weighted by Crippen LogP contribution is 2.38. The average Bonchev–Trinajstić information content (AvgIpc) is 2.99. The maximum absolute atomic E-state index is 12.7. The molecule has 0 unspecified atom stereocenters. The molecule has 3 N–H and O–H groups in total. The third-order valence-corrected chi connectivity index (χ3v) is 6.46. The lowest BCUT2D eigenvalue weighted by Crippen LogP contribution is -2.19. The summed E-state index contributed by atoms with van der Waals surface area (Å²) >= 11 is 1.51. The van der Waals surface area contributed by atoms with Crippen LogP contribution in [0.1, 0.15) is 68.0 Å². The number of rotatable bonds is 3. The first-order chi connectivity index (χ1) is 12.1. The van der Waals surface area contributed by atoms with Crippen molar-refractivity contribution < 1.29 is 9.59 Å². The standard InChI is InChI=1S/C20H22N2O2S/c21-18(23)17-15-7-3-4-8-16(15)25-20(17)22-19(24)14-10-9-12-5-1-2-6-13(12)11-14/h9-11H,1-8H2,(H2,21,23)(H,22,24). The zero-order valence-corrected chi connectivity index (χ0v) is 15.0. The highest BCUT2D eigenvalue weighted by Gasteiger charge is 2.25. The zero-order valence-electron chi connectivity index (χ0n) is 14.2. The topological polar surface area (TPSA) is 72.2 Å². The van der Waals surface area contributed by atoms with Gasteiger partial charge in [0.25, 0.3) is 11.8 Å². The first kappa shape index (κ1) is 16.3. The van der Waals surface area contributed by atoms with Gasteiger partial charge in [-0.3, -0.25) is 9.59 Å². The molecule has 0 radical (unpaired) electrons. The number of thiophene rings is 1. The Labute approximate surface area is 151 Å². The Bertz CT molecular complexity index is 854. The molecular weight excluding hydrogens is 332 g/mol. The molecule has 5 heteroatoms. The molecule has 1 aromatic carbocycles. The van der Waals surface area contributed by atoms with Crippen molar-refractivity contribution in [2.24, 2.45) is 5.73 Å². The second-order valence-corrected chi connectivity index (χ2v) is 8.03. The summed E-state index contributed by atoms with van der Waals surface area (Å²) < 4.78 is 0. The van der Waals surface area contributed by atoms with Crippen molar-refractivity contribution in [3.05, 3.63) is 50.9 Å². The Balaban J connectivity index is 1.63. The zero-order chi connectivity index (χ0) is 17.4. The summed E-state index contributed by atoms with van der Waals surface area (Å²) in [5.41, 5.74) is 10.5. The van der Waals surface area contributed by atoms with Gasteiger partial charge in [0, 0.05) is 10.4 Å². The van der Waals surface area contributed by atoms with E-state index < -0.39 is 5.91 Å². The summed E-state index contributed by atoms with van der Waals surface area (Å²) in [5.74, 6) is -0.602. The van der Waals surface area contributed by atoms with Crippen LogP contribution >= 0.6 is 11.3 Å². The molecule has 2 aromatic rings. The fourth-order valence-electron chi connectivity index (χ4n) is 3.96. The fourth-order valence-corrected chi connectivity index (χ4v) is 5.25. The van der Waals surface area contributed by atoms with Crippen LogP contribution in [0.5, 0.6) is 0 Å². The van der Waals surface area contributed by atoms with Gasteiger partial charge in [-0.25, -0.2) is 0 Å². The highest BCUT2D eigenvalue weighted by atomic mass is 32.1. The van der Waals surface area contributed by atoms with Gasteiger partial charge in [-0.2, -0.15) is 0 Å². The first-order valence-electron chi connectivity index (χ1n) is 9.01. The van der Waals surface area contributed by atoms with Gasteiger partial charge in [-0.15, -0.1) is 11.3 Å². The number of hydrogen-bond donors (Lipinski definition) is 2. The molecule has 0 atom stereocenters. The van der Waals surface area contributed by atoms with Crippen LogP contribution in [0.25, 0.3) is 0 Å². The number of amides is 2. The van der Waals surface area contributed by atoms with Crippen molar-refractivity contribution in [2.45, 2.75) is 51.4 Å². The van der Waals surface area contributed by atoms with Gasteiger partial charge in [0.1, 0.15) is 5.00 Å². The smallest absolute Gasteiger partial charge is 0.256 e. The third kappa shape index (κ3) is 3.09. The molecule has 2 aliphatic carbocycles. The second-order valence-electron chi connectivity index (χ2n) is 6.92. The van der Waals surface area contributed by atoms with Gasteiger partial charge in [0.2, 0.25) is 0 Å². The molecule has 130 valence electrons. The summed E-state index contributed by atoms with van der Waals surface area (Å²) in [6, 6.07) is 5.95. The Hall–Kier alpha value is -2.14. The van der Waals surface area contributed by atoms with E-state index in [1.54, 1.807) is 0 Å². The van der Waals surface area contributed by atoms with Crippen molar-refractivity contribution in [2.75, 3.05) is 5.32 Å². The van der Waals surface area contributed by atoms with Gasteiger partial charge >= 0.3 is 0 Å². The second kappa shape index (κ2) is 6.64. The average molecular weight is 354 g/mol. The van der Waals surface area contributed by atoms with Gasteiger partial charge in [-0.1, -0.05) is 6.07 Å². The van der Waals surface area contributed by atoms with E-state index in [9.17, 15) is 9.59 Å². The molecular formula is C20H22N2O2S. The van der Waals surface area contributed by atoms with Gasteiger partial charge in [0.15, 0.2) is 0 Å². The molecule has 2 amide bonds. The van der Waals surface area contributed by atoms with E-state index in [4.69, 9.17) is 5.73 Å². The summed E-state index contributed by atoms with van der Waals surface area (Å²) in [6.45, 7) is 0. The molecule has 0 spiro atoms. The molecule has 0 saturated heterocycles. The number of aryl methyl sites for hydroxylation is 3. The number of anilines is 1. The van der Waals surface area contributed by atoms with Crippen LogP contribution in [0, 0.1) is 0 Å². The van der Waals surface area contributed by atoms with E-state index in [1.807, 2.05) is 12.1 Å². The van der Waals surface area contributed by atoms with E-state index in [0.717, 1.165) is 44.1 Å². The van der Waals surface area contributed by atoms with E-state index in [2.05, 4.69) is 11.4 Å². The number of nitrogens with two attached hydrogens (primary N) is 1. The Morgan fingerprint density at radius 2 is 1.68 bits per heavy atom. The predicted molar refractivity (Wildman–Crippen MR) is 101 cm³/mol. The number of benzene rings is 1. The normalized spacial score (nSPS) is 16.0. The number of carbonyl (C=O) groups excluding carboxylic acids is 2. The maximum Gasteiger partial charge on any atom is 0.256 e. The van der Waals surface area contributed by atoms with Crippen LogP contribution in [0.4, 0.5) is 5.00 Å². The molecule has 2 aliphatic rings. The Kier molecular flexibility index (Phi) is 4.34. The van der Waals surface area contributed by atoms with Gasteiger partial charge in [-0.05, 0) is 80.2 Å². The number of hydrogen-bond acceptors (Lipinski definition) is 3. The summed E-state index contributed by atoms with van der Waals surface area (Å²) in [6.07, 6.45) is 8.58. The first-order valence-corrected chi connectivity index (χ1v) is 9.82. The quantitative estimate of drug-likeness (QED) is 0.878. The molecule has 4 nitrogen and oxygen atoms in total. The molecule has 4 rings (SSSR count). The predicted octanol–water partition coefficient (Wildman–Crippen LogP) is 3.86. The molecule has 0 bridgehead atoms. The lowest BCUT2D eigenvalue weighted by Gasteiger charge is -2.16. The van der Waals surface area contributed by atoms with E-state index in [1.165, 1.54) is 40.2 Å². The molecule has 0 saturated carbocycles. The van der Waals surface area contributed by atoms with Crippen molar-refractivity contribution in [3.63, 3.8) is 0 Å². The lowest BCUT2D eigenvalue weighted by molar-refractivity contribution is 0.100. The third-order valence-electron chi connectivity index (χ3n) is 5.26. The van der Waals surface area contributed by atoms with E-state index in [0.29, 0.717) is 16.1 Å². The summed E-state index contributed by atoms with van der Waals surface area (Å²) in [5, 5.41) is 3.56. The summed E-state index contributed by atoms with van der Waals surface area (Å²) in [4.78, 5) is 25.9. The molecule has 0 aliphatic heterocycles. The van der Waals surface area contributed by atoms with Gasteiger partial charge in [0.05, 0.1) is 5.56 Å².